The molecule has 12 heavy (non-hydrogen) atoms. The van der Waals surface area contributed by atoms with E-state index in [2.05, 4.69) is 0 Å². The van der Waals surface area contributed by atoms with Crippen LogP contribution >= 0.6 is 0 Å². The first kappa shape index (κ1) is 12.4. The van der Waals surface area contributed by atoms with Crippen LogP contribution in [0.3, 0.4) is 0 Å². The van der Waals surface area contributed by atoms with Crippen molar-refractivity contribution in [3.63, 3.8) is 0 Å². The van der Waals surface area contributed by atoms with Crippen molar-refractivity contribution in [1.29, 1.82) is 0 Å². The van der Waals surface area contributed by atoms with E-state index in [0.29, 0.717) is 0 Å². The van der Waals surface area contributed by atoms with E-state index in [1.54, 1.807) is 13.4 Å². The van der Waals surface area contributed by atoms with Gasteiger partial charge in [-0.1, -0.05) is 0 Å². The minimum atomic E-state index is 1.00. The van der Waals surface area contributed by atoms with E-state index in [-0.39, 0.29) is 0 Å². The van der Waals surface area contributed by atoms with Gasteiger partial charge in [-0.2, -0.15) is 0 Å². The van der Waals surface area contributed by atoms with Gasteiger partial charge in [0.05, 0.1) is 0 Å². The molecule has 0 radical (unpaired) electrons. The summed E-state index contributed by atoms with van der Waals surface area (Å²) in [6.45, 7) is 18.7. The zero-order chi connectivity index (χ0) is 9.07. The quantitative estimate of drug-likeness (QED) is 0.397. The molecular formula is CH4B10O. The molecule has 44 valence electrons. The Balaban J connectivity index is 3.62. The summed E-state index contributed by atoms with van der Waals surface area (Å²) in [6.07, 6.45) is 0. The second kappa shape index (κ2) is 11.4. The van der Waals surface area contributed by atoms with E-state index in [1.165, 1.54) is 0 Å². The summed E-state index contributed by atoms with van der Waals surface area (Å²) in [4.78, 5) is 0. The normalized spacial score (nSPS) is 7.08. The van der Waals surface area contributed by atoms with Crippen molar-refractivity contribution in [2.75, 3.05) is 0 Å². The molecule has 0 aliphatic heterocycles. The van der Waals surface area contributed by atoms with Gasteiger partial charge < -0.3 is 0 Å². The zero-order valence-electron chi connectivity index (χ0n) is 7.22. The molecule has 11 heteroatoms. The number of hydrogen-bond acceptors (Lipinski definition) is 1. The van der Waals surface area contributed by atoms with E-state index >= 15 is 0 Å². The van der Waals surface area contributed by atoms with Crippen molar-refractivity contribution in [1.82, 2.24) is 0 Å². The minimum absolute atomic E-state index is 1.00. The van der Waals surface area contributed by atoms with Gasteiger partial charge in [0.25, 0.3) is 0 Å². The Morgan fingerprint density at radius 3 is 1.50 bits per heavy atom. The fraction of sp³-hybridized carbons (Fsp3) is 1.00. The Morgan fingerprint density at radius 1 is 0.667 bits per heavy atom. The molecule has 0 fully saturated rings. The first-order chi connectivity index (χ1) is 5.91. The van der Waals surface area contributed by atoms with Crippen LogP contribution in [0.5, 0.6) is 0 Å². The second-order valence-corrected chi connectivity index (χ2v) is 2.02. The zero-order valence-corrected chi connectivity index (χ0v) is 7.22. The van der Waals surface area contributed by atoms with Gasteiger partial charge in [-0.25, -0.2) is 0 Å². The third kappa shape index (κ3) is 10.4. The summed E-state index contributed by atoms with van der Waals surface area (Å²) in [7, 11) is 1.00. The second-order valence-electron chi connectivity index (χ2n) is 2.02. The Hall–Kier alpha value is 0.449. The molecule has 0 saturated carbocycles. The summed E-state index contributed by atoms with van der Waals surface area (Å²) in [5.41, 5.74) is 0. The van der Waals surface area contributed by atoms with Crippen molar-refractivity contribution >= 4 is 67.3 Å². The molecule has 1 N–H and O–H groups in total. The molecule has 0 bridgehead atoms. The van der Waals surface area contributed by atoms with Crippen molar-refractivity contribution < 1.29 is 5.02 Å². The third-order valence-electron chi connectivity index (χ3n) is 1.06. The predicted molar refractivity (Wildman–Crippen MR) is 65.6 cm³/mol. The van der Waals surface area contributed by atoms with Gasteiger partial charge in [-0.3, -0.25) is 0 Å². The van der Waals surface area contributed by atoms with Crippen LogP contribution in [0.1, 0.15) is 0 Å². The summed E-state index contributed by atoms with van der Waals surface area (Å²) in [5, 5.41) is 8.26. The van der Waals surface area contributed by atoms with Crippen LogP contribution < -0.4 is 0 Å². The molecule has 0 aromatic rings. The summed E-state index contributed by atoms with van der Waals surface area (Å²) in [6, 6.07) is 0. The van der Waals surface area contributed by atoms with Gasteiger partial charge in [-0.05, 0) is 0 Å². The Kier molecular flexibility index (Phi) is 11.9. The summed E-state index contributed by atoms with van der Waals surface area (Å²) in [5.74, 6) is 0. The van der Waals surface area contributed by atoms with Gasteiger partial charge in [0.15, 0.2) is 0 Å². The van der Waals surface area contributed by atoms with Crippen molar-refractivity contribution in [3.05, 3.63) is 0 Å². The molecule has 0 aliphatic rings. The first-order valence-electron chi connectivity index (χ1n) is 3.84. The van der Waals surface area contributed by atoms with Crippen LogP contribution in [0, 0.1) is 0 Å². The monoisotopic (exact) mass is 142 g/mol. The SMILES string of the molecule is CB=BB=BB=BB=BB=BO. The summed E-state index contributed by atoms with van der Waals surface area (Å²) >= 11 is 0. The van der Waals surface area contributed by atoms with Crippen molar-refractivity contribution in [2.45, 2.75) is 6.82 Å². The Labute approximate surface area is 79.6 Å². The maximum absolute atomic E-state index is 8.26. The van der Waals surface area contributed by atoms with E-state index in [0.717, 1.165) is 7.00 Å². The topological polar surface area (TPSA) is 20.2 Å². The fourth-order valence-corrected chi connectivity index (χ4v) is 0.546. The molecule has 1 nitrogen and oxygen atoms in total. The van der Waals surface area contributed by atoms with Gasteiger partial charge in [0, 0.05) is 0 Å². The van der Waals surface area contributed by atoms with Gasteiger partial charge >= 0.3 is 79.2 Å². The molecule has 0 atom stereocenters. The van der Waals surface area contributed by atoms with Crippen LogP contribution in [0.2, 0.25) is 6.82 Å². The van der Waals surface area contributed by atoms with E-state index in [4.69, 9.17) is 5.02 Å². The van der Waals surface area contributed by atoms with Crippen molar-refractivity contribution in [2.24, 2.45) is 0 Å². The average molecular weight is 140 g/mol. The van der Waals surface area contributed by atoms with E-state index < -0.39 is 0 Å². The Morgan fingerprint density at radius 2 is 1.08 bits per heavy atom. The van der Waals surface area contributed by atoms with Crippen LogP contribution in [-0.2, 0) is 0 Å². The van der Waals surface area contributed by atoms with E-state index in [9.17, 15) is 0 Å². The van der Waals surface area contributed by atoms with Gasteiger partial charge in [0.1, 0.15) is 0 Å². The number of hydrogen-bond donors (Lipinski definition) is 1. The fourth-order valence-electron chi connectivity index (χ4n) is 0.546. The van der Waals surface area contributed by atoms with Crippen LogP contribution in [-0.4, -0.2) is 72.4 Å². The van der Waals surface area contributed by atoms with Crippen molar-refractivity contribution in [3.8, 4) is 0 Å². The molecule has 0 spiro atoms. The van der Waals surface area contributed by atoms with Crippen LogP contribution in [0.4, 0.5) is 0 Å². The third-order valence-corrected chi connectivity index (χ3v) is 1.06. The average Bonchev–Trinajstić information content (AvgIpc) is 2.10. The Bertz CT molecular complexity index is 198. The standard InChI is InChI=1S/CH4B10O/c1-2-3-4-5-6-7-8-9-10-11-12/h12H,1H3. The molecule has 0 amide bonds. The van der Waals surface area contributed by atoms with Gasteiger partial charge in [-0.15, -0.1) is 0 Å². The maximum atomic E-state index is 8.26. The first-order valence-corrected chi connectivity index (χ1v) is 3.84. The summed E-state index contributed by atoms with van der Waals surface area (Å²) < 4.78 is 0. The number of rotatable bonds is 4. The molecule has 0 aromatic heterocycles. The van der Waals surface area contributed by atoms with Crippen LogP contribution in [0.15, 0.2) is 0 Å². The molecule has 0 aromatic carbocycles. The van der Waals surface area contributed by atoms with Crippen LogP contribution in [0.25, 0.3) is 0 Å². The predicted octanol–water partition coefficient (Wildman–Crippen LogP) is -3.78. The molecule has 0 aliphatic carbocycles. The molecular weight excluding hydrogens is 136 g/mol. The molecule has 0 saturated heterocycles. The molecule has 0 heterocycles. The van der Waals surface area contributed by atoms with E-state index in [1.807, 2.05) is 53.8 Å². The van der Waals surface area contributed by atoms with Gasteiger partial charge in [0.2, 0.25) is 0 Å². The molecule has 0 rings (SSSR count). The molecule has 0 unspecified atom stereocenters.